The van der Waals surface area contributed by atoms with E-state index in [0.29, 0.717) is 19.4 Å². The number of hydrogen-bond acceptors (Lipinski definition) is 4. The van der Waals surface area contributed by atoms with Crippen LogP contribution in [-0.2, 0) is 0 Å². The molecule has 1 aliphatic heterocycles. The van der Waals surface area contributed by atoms with Crippen LogP contribution in [0.4, 0.5) is 8.78 Å². The number of alkyl halides is 2. The van der Waals surface area contributed by atoms with E-state index in [9.17, 15) is 8.78 Å². The second-order valence-electron chi connectivity index (χ2n) is 6.82. The van der Waals surface area contributed by atoms with Crippen LogP contribution >= 0.6 is 11.8 Å². The number of benzene rings is 1. The zero-order valence-electron chi connectivity index (χ0n) is 14.3. The molecule has 1 aromatic heterocycles. The maximum absolute atomic E-state index is 13.6. The highest BCUT2D eigenvalue weighted by molar-refractivity contribution is 8.03. The summed E-state index contributed by atoms with van der Waals surface area (Å²) in [6.45, 7) is 4.29. The van der Waals surface area contributed by atoms with Gasteiger partial charge in [0.1, 0.15) is 29.2 Å². The van der Waals surface area contributed by atoms with E-state index in [2.05, 4.69) is 0 Å². The van der Waals surface area contributed by atoms with Crippen molar-refractivity contribution in [2.24, 2.45) is 0 Å². The lowest BCUT2D eigenvalue weighted by atomic mass is 9.75. The van der Waals surface area contributed by atoms with Crippen molar-refractivity contribution in [1.82, 2.24) is 4.90 Å². The van der Waals surface area contributed by atoms with E-state index < -0.39 is 12.0 Å². The third kappa shape index (κ3) is 2.90. The van der Waals surface area contributed by atoms with Crippen LogP contribution in [0.2, 0.25) is 0 Å². The molecular formula is C19H21F2NO2S. The Kier molecular flexibility index (Phi) is 4.18. The Morgan fingerprint density at radius 3 is 2.84 bits per heavy atom. The van der Waals surface area contributed by atoms with Crippen molar-refractivity contribution < 1.29 is 17.9 Å². The SMILES string of the molecule is Cc1cc2cc(OCC3=CN(C4(C(F)F)CCC4)C(C)S3)ccc2o1. The maximum atomic E-state index is 13.6. The van der Waals surface area contributed by atoms with Gasteiger partial charge in [0.05, 0.1) is 5.37 Å². The lowest BCUT2D eigenvalue weighted by molar-refractivity contribution is -0.0823. The molecule has 0 amide bonds. The Balaban J connectivity index is 1.46. The number of fused-ring (bicyclic) bond motifs is 1. The predicted molar refractivity (Wildman–Crippen MR) is 96.0 cm³/mol. The van der Waals surface area contributed by atoms with Gasteiger partial charge in [0.15, 0.2) is 0 Å². The molecule has 2 aromatic rings. The molecule has 0 spiro atoms. The van der Waals surface area contributed by atoms with E-state index in [-0.39, 0.29) is 5.37 Å². The number of furan rings is 1. The summed E-state index contributed by atoms with van der Waals surface area (Å²) in [4.78, 5) is 2.84. The first-order chi connectivity index (χ1) is 12.0. The van der Waals surface area contributed by atoms with Crippen molar-refractivity contribution in [3.05, 3.63) is 41.1 Å². The zero-order valence-corrected chi connectivity index (χ0v) is 15.1. The van der Waals surface area contributed by atoms with Gasteiger partial charge >= 0.3 is 0 Å². The molecule has 134 valence electrons. The van der Waals surface area contributed by atoms with Crippen LogP contribution in [0.5, 0.6) is 5.75 Å². The summed E-state index contributed by atoms with van der Waals surface area (Å²) in [6, 6.07) is 7.68. The van der Waals surface area contributed by atoms with Gasteiger partial charge in [-0.2, -0.15) is 0 Å². The van der Waals surface area contributed by atoms with E-state index in [4.69, 9.17) is 9.15 Å². The molecule has 2 aliphatic rings. The quantitative estimate of drug-likeness (QED) is 0.694. The molecule has 1 aromatic carbocycles. The van der Waals surface area contributed by atoms with Crippen molar-refractivity contribution in [3.8, 4) is 5.75 Å². The average Bonchev–Trinajstić information content (AvgIpc) is 3.05. The van der Waals surface area contributed by atoms with Crippen molar-refractivity contribution in [2.45, 2.75) is 50.4 Å². The Bertz CT molecular complexity index is 813. The highest BCUT2D eigenvalue weighted by atomic mass is 32.2. The van der Waals surface area contributed by atoms with Gasteiger partial charge in [-0.05, 0) is 57.4 Å². The standard InChI is InChI=1S/C19H21F2NO2S/c1-12-8-14-9-15(4-5-17(14)24-12)23-11-16-10-22(13(2)25-16)19(18(20)21)6-3-7-19/h4-5,8-10,13,18H,3,6-7,11H2,1-2H3. The second kappa shape index (κ2) is 6.24. The lowest BCUT2D eigenvalue weighted by Crippen LogP contribution is -2.57. The Morgan fingerprint density at radius 1 is 1.36 bits per heavy atom. The van der Waals surface area contributed by atoms with E-state index in [0.717, 1.165) is 33.8 Å². The summed E-state index contributed by atoms with van der Waals surface area (Å²) in [5.41, 5.74) is -0.135. The van der Waals surface area contributed by atoms with Gasteiger partial charge in [-0.15, -0.1) is 11.8 Å². The first kappa shape index (κ1) is 16.8. The van der Waals surface area contributed by atoms with Gasteiger partial charge in [-0.1, -0.05) is 0 Å². The van der Waals surface area contributed by atoms with Crippen LogP contribution < -0.4 is 4.74 Å². The van der Waals surface area contributed by atoms with Crippen molar-refractivity contribution in [3.63, 3.8) is 0 Å². The van der Waals surface area contributed by atoms with Crippen LogP contribution in [0.25, 0.3) is 11.0 Å². The third-order valence-corrected chi connectivity index (χ3v) is 6.22. The molecule has 1 aliphatic carbocycles. The molecule has 0 saturated heterocycles. The molecule has 25 heavy (non-hydrogen) atoms. The van der Waals surface area contributed by atoms with E-state index >= 15 is 0 Å². The first-order valence-corrected chi connectivity index (χ1v) is 9.43. The van der Waals surface area contributed by atoms with E-state index in [1.54, 1.807) is 11.8 Å². The molecule has 3 nitrogen and oxygen atoms in total. The molecule has 4 rings (SSSR count). The van der Waals surface area contributed by atoms with Gasteiger partial charge in [-0.25, -0.2) is 8.78 Å². The molecular weight excluding hydrogens is 344 g/mol. The fourth-order valence-electron chi connectivity index (χ4n) is 3.65. The molecule has 6 heteroatoms. The topological polar surface area (TPSA) is 25.6 Å². The monoisotopic (exact) mass is 365 g/mol. The van der Waals surface area contributed by atoms with Crippen LogP contribution in [0.15, 0.2) is 39.8 Å². The number of hydrogen-bond donors (Lipinski definition) is 0. The van der Waals surface area contributed by atoms with Gasteiger partial charge in [-0.3, -0.25) is 0 Å². The largest absolute Gasteiger partial charge is 0.488 e. The van der Waals surface area contributed by atoms with Crippen LogP contribution in [0.3, 0.4) is 0 Å². The Morgan fingerprint density at radius 2 is 2.16 bits per heavy atom. The number of ether oxygens (including phenoxy) is 1. The number of nitrogens with zero attached hydrogens (tertiary/aromatic N) is 1. The first-order valence-electron chi connectivity index (χ1n) is 8.55. The maximum Gasteiger partial charge on any atom is 0.261 e. The fraction of sp³-hybridized carbons (Fsp3) is 0.474. The van der Waals surface area contributed by atoms with E-state index in [1.807, 2.05) is 49.2 Å². The van der Waals surface area contributed by atoms with Gasteiger partial charge in [0.2, 0.25) is 0 Å². The van der Waals surface area contributed by atoms with Crippen molar-refractivity contribution in [1.29, 1.82) is 0 Å². The number of thioether (sulfide) groups is 1. The zero-order chi connectivity index (χ0) is 17.6. The molecule has 0 bridgehead atoms. The van der Waals surface area contributed by atoms with Crippen molar-refractivity contribution >= 4 is 22.7 Å². The minimum atomic E-state index is -2.31. The number of rotatable bonds is 5. The normalized spacial score (nSPS) is 22.4. The molecule has 1 saturated carbocycles. The molecule has 2 heterocycles. The molecule has 1 atom stereocenters. The van der Waals surface area contributed by atoms with Gasteiger partial charge in [0.25, 0.3) is 6.43 Å². The summed E-state index contributed by atoms with van der Waals surface area (Å²) in [7, 11) is 0. The minimum absolute atomic E-state index is 0.0203. The summed E-state index contributed by atoms with van der Waals surface area (Å²) in [6.07, 6.45) is 1.57. The fourth-order valence-corrected chi connectivity index (χ4v) is 4.78. The van der Waals surface area contributed by atoms with Gasteiger partial charge < -0.3 is 14.1 Å². The summed E-state index contributed by atoms with van der Waals surface area (Å²) in [5.74, 6) is 1.62. The summed E-state index contributed by atoms with van der Waals surface area (Å²) in [5, 5.41) is 1.02. The van der Waals surface area contributed by atoms with E-state index in [1.165, 1.54) is 0 Å². The third-order valence-electron chi connectivity index (χ3n) is 5.13. The molecule has 1 fully saturated rings. The second-order valence-corrected chi connectivity index (χ2v) is 8.27. The minimum Gasteiger partial charge on any atom is -0.488 e. The van der Waals surface area contributed by atoms with Gasteiger partial charge in [0, 0.05) is 16.5 Å². The van der Waals surface area contributed by atoms with Crippen LogP contribution in [0, 0.1) is 6.92 Å². The number of aryl methyl sites for hydroxylation is 1. The Hall–Kier alpha value is -1.69. The summed E-state index contributed by atoms with van der Waals surface area (Å²) >= 11 is 1.60. The Labute approximate surface area is 150 Å². The summed E-state index contributed by atoms with van der Waals surface area (Å²) < 4.78 is 38.6. The van der Waals surface area contributed by atoms with Crippen LogP contribution in [0.1, 0.15) is 31.9 Å². The molecule has 0 radical (unpaired) electrons. The molecule has 1 unspecified atom stereocenters. The number of halogens is 2. The average molecular weight is 365 g/mol. The van der Waals surface area contributed by atoms with Crippen LogP contribution in [-0.4, -0.2) is 28.8 Å². The lowest BCUT2D eigenvalue weighted by Gasteiger charge is -2.49. The van der Waals surface area contributed by atoms with Crippen molar-refractivity contribution in [2.75, 3.05) is 6.61 Å². The highest BCUT2D eigenvalue weighted by Gasteiger charge is 2.52. The smallest absolute Gasteiger partial charge is 0.261 e. The molecule has 0 N–H and O–H groups in total. The highest BCUT2D eigenvalue weighted by Crippen LogP contribution is 2.49. The predicted octanol–water partition coefficient (Wildman–Crippen LogP) is 5.54.